The third-order valence-corrected chi connectivity index (χ3v) is 2.59. The van der Waals surface area contributed by atoms with Crippen LogP contribution in [0.15, 0.2) is 24.3 Å². The largest absolute Gasteiger partial charge is 0.465 e. The van der Waals surface area contributed by atoms with Crippen LogP contribution >= 0.6 is 11.6 Å². The topological polar surface area (TPSA) is 85.1 Å². The minimum Gasteiger partial charge on any atom is -0.465 e. The molecule has 6 nitrogen and oxygen atoms in total. The second kappa shape index (κ2) is 6.15. The average molecular weight is 308 g/mol. The summed E-state index contributed by atoms with van der Waals surface area (Å²) in [6.45, 7) is 0. The molecule has 0 N–H and O–H groups in total. The van der Waals surface area contributed by atoms with Crippen molar-refractivity contribution in [3.63, 3.8) is 0 Å². The van der Waals surface area contributed by atoms with E-state index in [0.717, 1.165) is 6.07 Å². The van der Waals surface area contributed by atoms with Crippen LogP contribution in [0.25, 0.3) is 0 Å². The number of carbonyl (C=O) groups excluding carboxylic acids is 1. The van der Waals surface area contributed by atoms with Gasteiger partial charge in [-0.25, -0.2) is 9.18 Å². The Hall–Kier alpha value is -2.72. The summed E-state index contributed by atoms with van der Waals surface area (Å²) >= 11 is 5.64. The number of nitriles is 1. The maximum absolute atomic E-state index is 13.8. The van der Waals surface area contributed by atoms with Crippen molar-refractivity contribution in [2.75, 3.05) is 7.11 Å². The molecule has 0 saturated carbocycles. The molecule has 1 heterocycles. The number of ether oxygens (including phenoxy) is 2. The molecule has 1 aromatic heterocycles. The lowest BCUT2D eigenvalue weighted by Gasteiger charge is -2.09. The highest BCUT2D eigenvalue weighted by Gasteiger charge is 2.18. The number of methoxy groups -OCH3 is 1. The van der Waals surface area contributed by atoms with Crippen molar-refractivity contribution >= 4 is 17.6 Å². The molecule has 1 aromatic carbocycles. The van der Waals surface area contributed by atoms with E-state index in [1.165, 1.54) is 25.3 Å². The fraction of sp³-hybridized carbons (Fsp3) is 0.0769. The molecule has 0 fully saturated rings. The van der Waals surface area contributed by atoms with E-state index in [1.807, 2.05) is 0 Å². The minimum absolute atomic E-state index is 0.0388. The highest BCUT2D eigenvalue weighted by atomic mass is 35.5. The molecular formula is C13H7ClFN3O3. The van der Waals surface area contributed by atoms with Gasteiger partial charge in [0.2, 0.25) is 0 Å². The molecule has 0 aliphatic rings. The highest BCUT2D eigenvalue weighted by molar-refractivity contribution is 6.29. The van der Waals surface area contributed by atoms with Crippen LogP contribution in [-0.4, -0.2) is 23.3 Å². The first kappa shape index (κ1) is 14.7. The van der Waals surface area contributed by atoms with Gasteiger partial charge in [-0.2, -0.15) is 5.26 Å². The third kappa shape index (κ3) is 3.24. The number of hydrogen-bond donors (Lipinski definition) is 0. The molecule has 0 unspecified atom stereocenters. The van der Waals surface area contributed by atoms with Gasteiger partial charge in [0.25, 0.3) is 5.88 Å². The molecule has 0 bridgehead atoms. The van der Waals surface area contributed by atoms with Crippen LogP contribution in [0.4, 0.5) is 4.39 Å². The van der Waals surface area contributed by atoms with Gasteiger partial charge in [-0.1, -0.05) is 11.6 Å². The van der Waals surface area contributed by atoms with Gasteiger partial charge < -0.3 is 9.47 Å². The van der Waals surface area contributed by atoms with Crippen molar-refractivity contribution in [2.24, 2.45) is 0 Å². The van der Waals surface area contributed by atoms with Crippen LogP contribution in [0.2, 0.25) is 5.15 Å². The lowest BCUT2D eigenvalue weighted by atomic mass is 10.2. The van der Waals surface area contributed by atoms with Gasteiger partial charge in [-0.05, 0) is 24.3 Å². The number of halogens is 2. The Balaban J connectivity index is 2.40. The fourth-order valence-electron chi connectivity index (χ4n) is 1.45. The molecule has 0 spiro atoms. The van der Waals surface area contributed by atoms with E-state index in [9.17, 15) is 9.18 Å². The zero-order valence-corrected chi connectivity index (χ0v) is 11.4. The van der Waals surface area contributed by atoms with Crippen LogP contribution in [0.1, 0.15) is 15.9 Å². The summed E-state index contributed by atoms with van der Waals surface area (Å²) in [4.78, 5) is 11.6. The Labute approximate surface area is 123 Å². The smallest absolute Gasteiger partial charge is 0.343 e. The van der Waals surface area contributed by atoms with Crippen LogP contribution in [0, 0.1) is 17.1 Å². The predicted octanol–water partition coefficient (Wildman–Crippen LogP) is 2.72. The SMILES string of the molecule is COC(=O)c1cc(Cl)nnc1Oc1ccc(C#N)cc1F. The summed E-state index contributed by atoms with van der Waals surface area (Å²) in [6, 6.07) is 6.58. The number of hydrogen-bond acceptors (Lipinski definition) is 6. The molecule has 0 saturated heterocycles. The molecule has 2 aromatic rings. The summed E-state index contributed by atoms with van der Waals surface area (Å²) in [5, 5.41) is 15.7. The second-order valence-electron chi connectivity index (χ2n) is 3.74. The van der Waals surface area contributed by atoms with Crippen molar-refractivity contribution in [1.82, 2.24) is 10.2 Å². The molecule has 2 rings (SSSR count). The molecule has 0 aliphatic heterocycles. The number of aromatic nitrogens is 2. The van der Waals surface area contributed by atoms with Crippen LogP contribution in [0.3, 0.4) is 0 Å². The molecule has 0 radical (unpaired) electrons. The number of benzene rings is 1. The maximum atomic E-state index is 13.8. The maximum Gasteiger partial charge on any atom is 0.343 e. The second-order valence-corrected chi connectivity index (χ2v) is 4.12. The van der Waals surface area contributed by atoms with Gasteiger partial charge >= 0.3 is 5.97 Å². The number of rotatable bonds is 3. The Morgan fingerprint density at radius 1 is 1.38 bits per heavy atom. The lowest BCUT2D eigenvalue weighted by Crippen LogP contribution is -2.07. The van der Waals surface area contributed by atoms with E-state index in [4.69, 9.17) is 21.6 Å². The number of esters is 1. The van der Waals surface area contributed by atoms with E-state index in [2.05, 4.69) is 14.9 Å². The highest BCUT2D eigenvalue weighted by Crippen LogP contribution is 2.27. The Morgan fingerprint density at radius 2 is 2.14 bits per heavy atom. The summed E-state index contributed by atoms with van der Waals surface area (Å²) in [5.74, 6) is -2.00. The number of carbonyl (C=O) groups is 1. The van der Waals surface area contributed by atoms with Crippen LogP contribution in [0.5, 0.6) is 11.6 Å². The fourth-order valence-corrected chi connectivity index (χ4v) is 1.59. The molecular weight excluding hydrogens is 301 g/mol. The zero-order valence-electron chi connectivity index (χ0n) is 10.6. The minimum atomic E-state index is -0.776. The summed E-state index contributed by atoms with van der Waals surface area (Å²) < 4.78 is 23.5. The summed E-state index contributed by atoms with van der Waals surface area (Å²) in [7, 11) is 1.17. The van der Waals surface area contributed by atoms with Crippen molar-refractivity contribution in [3.8, 4) is 17.7 Å². The van der Waals surface area contributed by atoms with Gasteiger partial charge in [0.1, 0.15) is 5.56 Å². The first-order valence-electron chi connectivity index (χ1n) is 5.54. The van der Waals surface area contributed by atoms with Crippen LogP contribution in [-0.2, 0) is 4.74 Å². The van der Waals surface area contributed by atoms with Crippen molar-refractivity contribution in [2.45, 2.75) is 0 Å². The van der Waals surface area contributed by atoms with Gasteiger partial charge in [0.15, 0.2) is 16.7 Å². The van der Waals surface area contributed by atoms with E-state index in [1.54, 1.807) is 6.07 Å². The molecule has 106 valence electrons. The monoisotopic (exact) mass is 307 g/mol. The van der Waals surface area contributed by atoms with Gasteiger partial charge in [-0.3, -0.25) is 0 Å². The van der Waals surface area contributed by atoms with E-state index in [-0.39, 0.29) is 27.9 Å². The molecule has 0 amide bonds. The first-order chi connectivity index (χ1) is 10.0. The van der Waals surface area contributed by atoms with E-state index in [0.29, 0.717) is 0 Å². The van der Waals surface area contributed by atoms with Gasteiger partial charge in [0, 0.05) is 0 Å². The van der Waals surface area contributed by atoms with Crippen molar-refractivity contribution < 1.29 is 18.7 Å². The predicted molar refractivity (Wildman–Crippen MR) is 69.6 cm³/mol. The first-order valence-corrected chi connectivity index (χ1v) is 5.92. The van der Waals surface area contributed by atoms with E-state index >= 15 is 0 Å². The van der Waals surface area contributed by atoms with Crippen LogP contribution < -0.4 is 4.74 Å². The zero-order chi connectivity index (χ0) is 15.4. The van der Waals surface area contributed by atoms with Gasteiger partial charge in [-0.15, -0.1) is 10.2 Å². The molecule has 0 atom stereocenters. The van der Waals surface area contributed by atoms with Gasteiger partial charge in [0.05, 0.1) is 18.7 Å². The Kier molecular flexibility index (Phi) is 4.30. The molecule has 21 heavy (non-hydrogen) atoms. The summed E-state index contributed by atoms with van der Waals surface area (Å²) in [5.41, 5.74) is 0.0384. The Bertz CT molecular complexity index is 746. The van der Waals surface area contributed by atoms with Crippen molar-refractivity contribution in [1.29, 1.82) is 5.26 Å². The quantitative estimate of drug-likeness (QED) is 0.810. The lowest BCUT2D eigenvalue weighted by molar-refractivity contribution is 0.0596. The molecule has 8 heteroatoms. The standard InChI is InChI=1S/C13H7ClFN3O3/c1-20-13(19)8-5-11(14)17-18-12(8)21-10-3-2-7(6-16)4-9(10)15/h2-5H,1H3. The normalized spacial score (nSPS) is 9.81. The third-order valence-electron chi connectivity index (χ3n) is 2.40. The number of nitrogens with zero attached hydrogens (tertiary/aromatic N) is 3. The van der Waals surface area contributed by atoms with E-state index < -0.39 is 11.8 Å². The molecule has 0 aliphatic carbocycles. The average Bonchev–Trinajstić information content (AvgIpc) is 2.49. The summed E-state index contributed by atoms with van der Waals surface area (Å²) in [6.07, 6.45) is 0. The van der Waals surface area contributed by atoms with Crippen molar-refractivity contribution in [3.05, 3.63) is 46.4 Å². The Morgan fingerprint density at radius 3 is 2.76 bits per heavy atom.